The van der Waals surface area contributed by atoms with Gasteiger partial charge < -0.3 is 5.32 Å². The van der Waals surface area contributed by atoms with Crippen LogP contribution in [0.3, 0.4) is 0 Å². The molecule has 5 nitrogen and oxygen atoms in total. The zero-order chi connectivity index (χ0) is 21.7. The van der Waals surface area contributed by atoms with Crippen molar-refractivity contribution in [2.45, 2.75) is 55.9 Å². The third-order valence-corrected chi connectivity index (χ3v) is 7.66. The van der Waals surface area contributed by atoms with Gasteiger partial charge in [-0.2, -0.15) is 0 Å². The Bertz CT molecular complexity index is 1000. The Kier molecular flexibility index (Phi) is 8.04. The third-order valence-electron chi connectivity index (χ3n) is 5.09. The Morgan fingerprint density at radius 3 is 2.23 bits per heavy atom. The molecule has 1 aliphatic carbocycles. The molecule has 0 bridgehead atoms. The maximum absolute atomic E-state index is 12.6. The highest BCUT2D eigenvalue weighted by Crippen LogP contribution is 2.32. The molecule has 0 aliphatic heterocycles. The van der Waals surface area contributed by atoms with Crippen molar-refractivity contribution in [1.82, 2.24) is 4.72 Å². The molecule has 0 unspecified atom stereocenters. The lowest BCUT2D eigenvalue weighted by Gasteiger charge is -2.22. The Hall–Kier alpha value is -1.31. The summed E-state index contributed by atoms with van der Waals surface area (Å²) in [5.74, 6) is -0.231. The maximum atomic E-state index is 12.6. The highest BCUT2D eigenvalue weighted by molar-refractivity contribution is 7.89. The van der Waals surface area contributed by atoms with Crippen LogP contribution in [-0.2, 0) is 21.2 Å². The number of benzene rings is 2. The Morgan fingerprint density at radius 1 is 0.933 bits per heavy atom. The molecular weight excluding hydrogens is 467 g/mol. The van der Waals surface area contributed by atoms with Crippen LogP contribution in [0, 0.1) is 0 Å². The van der Waals surface area contributed by atoms with Crippen LogP contribution in [0.15, 0.2) is 41.3 Å². The molecule has 0 aromatic heterocycles. The topological polar surface area (TPSA) is 75.3 Å². The fourth-order valence-corrected chi connectivity index (χ4v) is 5.33. The van der Waals surface area contributed by atoms with Gasteiger partial charge in [0.15, 0.2) is 0 Å². The zero-order valence-corrected chi connectivity index (χ0v) is 19.3. The van der Waals surface area contributed by atoms with E-state index in [2.05, 4.69) is 10.0 Å². The normalized spacial score (nSPS) is 15.2. The van der Waals surface area contributed by atoms with Crippen LogP contribution in [0.1, 0.15) is 44.1 Å². The van der Waals surface area contributed by atoms with E-state index in [0.717, 1.165) is 37.7 Å². The number of hydrogen-bond acceptors (Lipinski definition) is 3. The van der Waals surface area contributed by atoms with Crippen LogP contribution in [0.2, 0.25) is 15.1 Å². The summed E-state index contributed by atoms with van der Waals surface area (Å²) < 4.78 is 27.9. The Morgan fingerprint density at radius 2 is 1.57 bits per heavy atom. The lowest BCUT2D eigenvalue weighted by molar-refractivity contribution is -0.116. The van der Waals surface area contributed by atoms with Gasteiger partial charge >= 0.3 is 0 Å². The number of anilines is 1. The molecule has 162 valence electrons. The molecule has 1 saturated carbocycles. The van der Waals surface area contributed by atoms with E-state index in [1.54, 1.807) is 24.3 Å². The second-order valence-electron chi connectivity index (χ2n) is 7.39. The number of sulfonamides is 1. The zero-order valence-electron chi connectivity index (χ0n) is 16.3. The number of carbonyl (C=O) groups excluding carboxylic acids is 1. The number of amides is 1. The number of aryl methyl sites for hydroxylation is 1. The molecule has 1 fully saturated rings. The minimum atomic E-state index is -3.53. The van der Waals surface area contributed by atoms with Gasteiger partial charge in [-0.15, -0.1) is 0 Å². The molecule has 0 atom stereocenters. The van der Waals surface area contributed by atoms with Gasteiger partial charge in [0.25, 0.3) is 0 Å². The fraction of sp³-hybridized carbons (Fsp3) is 0.381. The van der Waals surface area contributed by atoms with Gasteiger partial charge in [0.1, 0.15) is 0 Å². The van der Waals surface area contributed by atoms with Crippen molar-refractivity contribution in [3.8, 4) is 0 Å². The van der Waals surface area contributed by atoms with Crippen LogP contribution in [0.5, 0.6) is 0 Å². The first-order chi connectivity index (χ1) is 14.2. The lowest BCUT2D eigenvalue weighted by Crippen LogP contribution is -2.36. The molecule has 9 heteroatoms. The molecule has 2 aromatic rings. The number of carbonyl (C=O) groups is 1. The quantitative estimate of drug-likeness (QED) is 0.481. The van der Waals surface area contributed by atoms with E-state index < -0.39 is 10.0 Å². The summed E-state index contributed by atoms with van der Waals surface area (Å²) in [6, 6.07) is 9.61. The minimum absolute atomic E-state index is 0.0142. The molecule has 1 aliphatic rings. The number of halogens is 3. The number of hydrogen-bond donors (Lipinski definition) is 2. The second-order valence-corrected chi connectivity index (χ2v) is 10.3. The molecule has 1 amide bonds. The smallest absolute Gasteiger partial charge is 0.240 e. The summed E-state index contributed by atoms with van der Waals surface area (Å²) >= 11 is 17.9. The van der Waals surface area contributed by atoms with Crippen LogP contribution in [0.25, 0.3) is 0 Å². The van der Waals surface area contributed by atoms with Crippen LogP contribution in [-0.4, -0.2) is 20.4 Å². The van der Waals surface area contributed by atoms with Crippen molar-refractivity contribution < 1.29 is 13.2 Å². The second kappa shape index (κ2) is 10.3. The van der Waals surface area contributed by atoms with Gasteiger partial charge in [-0.25, -0.2) is 13.1 Å². The number of rotatable bonds is 7. The van der Waals surface area contributed by atoms with Crippen LogP contribution in [0.4, 0.5) is 5.69 Å². The van der Waals surface area contributed by atoms with E-state index in [9.17, 15) is 13.2 Å². The summed E-state index contributed by atoms with van der Waals surface area (Å²) in [5.41, 5.74) is 1.26. The molecule has 0 spiro atoms. The van der Waals surface area contributed by atoms with Crippen LogP contribution >= 0.6 is 34.8 Å². The van der Waals surface area contributed by atoms with E-state index in [0.29, 0.717) is 27.2 Å². The van der Waals surface area contributed by atoms with Gasteiger partial charge in [0.2, 0.25) is 15.9 Å². The van der Waals surface area contributed by atoms with Gasteiger partial charge in [0, 0.05) is 12.5 Å². The number of nitrogens with one attached hydrogen (secondary N) is 2. The summed E-state index contributed by atoms with van der Waals surface area (Å²) in [5, 5.41) is 3.63. The molecule has 2 N–H and O–H groups in total. The SMILES string of the molecule is O=C(CCc1ccc(S(=O)(=O)NC2CCCCC2)cc1)Nc1cc(Cl)c(Cl)cc1Cl. The molecule has 2 aromatic carbocycles. The highest BCUT2D eigenvalue weighted by atomic mass is 35.5. The first-order valence-electron chi connectivity index (χ1n) is 9.80. The van der Waals surface area contributed by atoms with Crippen molar-refractivity contribution in [1.29, 1.82) is 0 Å². The van der Waals surface area contributed by atoms with E-state index >= 15 is 0 Å². The van der Waals surface area contributed by atoms with Crippen molar-refractivity contribution in [3.05, 3.63) is 57.0 Å². The van der Waals surface area contributed by atoms with E-state index in [-0.39, 0.29) is 23.3 Å². The first kappa shape index (κ1) is 23.4. The van der Waals surface area contributed by atoms with Gasteiger partial charge in [0.05, 0.1) is 25.7 Å². The molecule has 0 heterocycles. The summed E-state index contributed by atoms with van der Waals surface area (Å²) in [7, 11) is -3.53. The first-order valence-corrected chi connectivity index (χ1v) is 12.4. The van der Waals surface area contributed by atoms with Crippen LogP contribution < -0.4 is 10.0 Å². The molecule has 0 radical (unpaired) electrons. The van der Waals surface area contributed by atoms with Crippen molar-refractivity contribution in [2.24, 2.45) is 0 Å². The molecular formula is C21H23Cl3N2O3S. The Balaban J connectivity index is 1.55. The van der Waals surface area contributed by atoms with Crippen molar-refractivity contribution in [3.63, 3.8) is 0 Å². The summed E-state index contributed by atoms with van der Waals surface area (Å²) in [6.07, 6.45) is 5.72. The van der Waals surface area contributed by atoms with Gasteiger partial charge in [-0.1, -0.05) is 66.2 Å². The molecule has 3 rings (SSSR count). The molecule has 0 saturated heterocycles. The Labute approximate surface area is 192 Å². The van der Waals surface area contributed by atoms with Gasteiger partial charge in [-0.05, 0) is 49.1 Å². The predicted molar refractivity (Wildman–Crippen MR) is 122 cm³/mol. The van der Waals surface area contributed by atoms with Gasteiger partial charge in [-0.3, -0.25) is 4.79 Å². The largest absolute Gasteiger partial charge is 0.325 e. The highest BCUT2D eigenvalue weighted by Gasteiger charge is 2.21. The predicted octanol–water partition coefficient (Wildman–Crippen LogP) is 5.83. The average Bonchev–Trinajstić information content (AvgIpc) is 2.71. The molecule has 30 heavy (non-hydrogen) atoms. The lowest BCUT2D eigenvalue weighted by atomic mass is 9.96. The average molecular weight is 490 g/mol. The van der Waals surface area contributed by atoms with E-state index in [1.807, 2.05) is 0 Å². The standard InChI is InChI=1S/C21H23Cl3N2O3S/c22-17-12-19(24)20(13-18(17)23)25-21(27)11-8-14-6-9-16(10-7-14)30(28,29)26-15-4-2-1-3-5-15/h6-7,9-10,12-13,15,26H,1-5,8,11H2,(H,25,27). The van der Waals surface area contributed by atoms with E-state index in [4.69, 9.17) is 34.8 Å². The summed E-state index contributed by atoms with van der Waals surface area (Å²) in [4.78, 5) is 12.5. The van der Waals surface area contributed by atoms with Crippen molar-refractivity contribution >= 4 is 56.4 Å². The summed E-state index contributed by atoms with van der Waals surface area (Å²) in [6.45, 7) is 0. The fourth-order valence-electron chi connectivity index (χ4n) is 3.43. The third kappa shape index (κ3) is 6.34. The minimum Gasteiger partial charge on any atom is -0.325 e. The monoisotopic (exact) mass is 488 g/mol. The van der Waals surface area contributed by atoms with Crippen molar-refractivity contribution in [2.75, 3.05) is 5.32 Å². The van der Waals surface area contributed by atoms with E-state index in [1.165, 1.54) is 12.1 Å². The maximum Gasteiger partial charge on any atom is 0.240 e.